The fraction of sp³-hybridized carbons (Fsp3) is 0.353. The van der Waals surface area contributed by atoms with Gasteiger partial charge < -0.3 is 4.52 Å². The number of nitrogens with zero attached hydrogens (tertiary/aromatic N) is 4. The Morgan fingerprint density at radius 3 is 2.69 bits per heavy atom. The molecule has 1 atom stereocenters. The molecule has 2 aromatic heterocycles. The number of hydrogen-bond donors (Lipinski definition) is 0. The molecule has 8 nitrogen and oxygen atoms in total. The normalized spacial score (nSPS) is 18.5. The lowest BCUT2D eigenvalue weighted by Gasteiger charge is -2.25. The molecule has 1 unspecified atom stereocenters. The summed E-state index contributed by atoms with van der Waals surface area (Å²) in [5.41, 5.74) is -0.655. The van der Waals surface area contributed by atoms with Crippen LogP contribution in [0.3, 0.4) is 0 Å². The van der Waals surface area contributed by atoms with Gasteiger partial charge >= 0.3 is 6.18 Å². The summed E-state index contributed by atoms with van der Waals surface area (Å²) >= 11 is 0. The van der Waals surface area contributed by atoms with E-state index in [4.69, 9.17) is 0 Å². The van der Waals surface area contributed by atoms with Gasteiger partial charge in [0.15, 0.2) is 0 Å². The second-order valence-corrected chi connectivity index (χ2v) is 8.52. The lowest BCUT2D eigenvalue weighted by molar-refractivity contribution is -0.141. The number of halogens is 3. The molecule has 12 heteroatoms. The highest BCUT2D eigenvalue weighted by atomic mass is 32.2. The molecule has 3 aromatic rings. The number of fused-ring (bicyclic) bond motifs is 1. The van der Waals surface area contributed by atoms with Crippen molar-refractivity contribution in [1.29, 1.82) is 0 Å². The van der Waals surface area contributed by atoms with Crippen LogP contribution in [0.1, 0.15) is 24.7 Å². The minimum absolute atomic E-state index is 0.0342. The van der Waals surface area contributed by atoms with Crippen molar-refractivity contribution < 1.29 is 26.1 Å². The first kappa shape index (κ1) is 19.6. The molecule has 1 saturated heterocycles. The van der Waals surface area contributed by atoms with Gasteiger partial charge in [0, 0.05) is 6.54 Å². The average molecular weight is 428 g/mol. The number of alkyl halides is 3. The molecule has 0 spiro atoms. The van der Waals surface area contributed by atoms with E-state index in [2.05, 4.69) is 14.7 Å². The molecule has 0 saturated carbocycles. The lowest BCUT2D eigenvalue weighted by Crippen LogP contribution is -2.37. The van der Waals surface area contributed by atoms with Crippen molar-refractivity contribution in [3.8, 4) is 0 Å². The Balaban J connectivity index is 1.90. The van der Waals surface area contributed by atoms with Gasteiger partial charge in [0.05, 0.1) is 23.1 Å². The maximum absolute atomic E-state index is 13.2. The highest BCUT2D eigenvalue weighted by Gasteiger charge is 2.41. The number of benzene rings is 1. The third kappa shape index (κ3) is 3.53. The van der Waals surface area contributed by atoms with E-state index >= 15 is 0 Å². The van der Waals surface area contributed by atoms with E-state index in [0.717, 1.165) is 16.8 Å². The van der Waals surface area contributed by atoms with E-state index in [-0.39, 0.29) is 34.6 Å². The minimum Gasteiger partial charge on any atom is -0.363 e. The Morgan fingerprint density at radius 2 is 2.00 bits per heavy atom. The molecule has 3 heterocycles. The second kappa shape index (κ2) is 6.95. The van der Waals surface area contributed by atoms with Crippen molar-refractivity contribution >= 4 is 20.9 Å². The Morgan fingerprint density at radius 1 is 1.24 bits per heavy atom. The van der Waals surface area contributed by atoms with Crippen LogP contribution in [0.5, 0.6) is 0 Å². The summed E-state index contributed by atoms with van der Waals surface area (Å²) in [4.78, 5) is 16.9. The minimum atomic E-state index is -4.68. The van der Waals surface area contributed by atoms with Crippen molar-refractivity contribution in [1.82, 2.24) is 19.0 Å². The number of para-hydroxylation sites is 1. The van der Waals surface area contributed by atoms with Crippen LogP contribution in [0.15, 0.2) is 50.9 Å². The summed E-state index contributed by atoms with van der Waals surface area (Å²) in [6, 6.07) is 5.01. The zero-order valence-electron chi connectivity index (χ0n) is 14.8. The Kier molecular flexibility index (Phi) is 4.69. The maximum Gasteiger partial charge on any atom is 0.406 e. The first-order chi connectivity index (χ1) is 13.7. The van der Waals surface area contributed by atoms with Crippen LogP contribution in [-0.2, 0) is 16.6 Å². The lowest BCUT2D eigenvalue weighted by atomic mass is 10.2. The largest absolute Gasteiger partial charge is 0.406 e. The molecule has 0 N–H and O–H groups in total. The van der Waals surface area contributed by atoms with E-state index in [1.54, 1.807) is 6.07 Å². The third-order valence-corrected chi connectivity index (χ3v) is 6.60. The van der Waals surface area contributed by atoms with Crippen molar-refractivity contribution in [2.24, 2.45) is 0 Å². The molecule has 4 rings (SSSR count). The van der Waals surface area contributed by atoms with Crippen molar-refractivity contribution in [2.75, 3.05) is 6.54 Å². The molecule has 0 radical (unpaired) electrons. The maximum atomic E-state index is 13.2. The highest BCUT2D eigenvalue weighted by molar-refractivity contribution is 7.89. The summed E-state index contributed by atoms with van der Waals surface area (Å²) in [5, 5.41) is 3.41. The van der Waals surface area contributed by atoms with Gasteiger partial charge in [0.1, 0.15) is 23.5 Å². The summed E-state index contributed by atoms with van der Waals surface area (Å²) in [6.07, 6.45) is -2.08. The van der Waals surface area contributed by atoms with Crippen molar-refractivity contribution in [3.63, 3.8) is 0 Å². The summed E-state index contributed by atoms with van der Waals surface area (Å²) in [6.45, 7) is -1.48. The SMILES string of the molecule is O=c1c2ccccc2nc(C2CCCN2S(=O)(=O)c2cnoc2)n1CC(F)(F)F. The molecule has 0 amide bonds. The van der Waals surface area contributed by atoms with Crippen molar-refractivity contribution in [3.05, 3.63) is 52.9 Å². The monoisotopic (exact) mass is 428 g/mol. The zero-order chi connectivity index (χ0) is 20.8. The zero-order valence-corrected chi connectivity index (χ0v) is 15.7. The summed E-state index contributed by atoms with van der Waals surface area (Å²) < 4.78 is 71.6. The average Bonchev–Trinajstić information content (AvgIpc) is 3.35. The van der Waals surface area contributed by atoms with Crippen LogP contribution in [0, 0.1) is 0 Å². The van der Waals surface area contributed by atoms with Gasteiger partial charge in [-0.1, -0.05) is 17.3 Å². The second-order valence-electron chi connectivity index (χ2n) is 6.63. The first-order valence-electron chi connectivity index (χ1n) is 8.66. The van der Waals surface area contributed by atoms with Gasteiger partial charge in [-0.15, -0.1) is 0 Å². The van der Waals surface area contributed by atoms with E-state index in [1.165, 1.54) is 18.2 Å². The number of hydrogen-bond acceptors (Lipinski definition) is 6. The molecule has 0 aliphatic carbocycles. The molecule has 1 fully saturated rings. The van der Waals surface area contributed by atoms with Gasteiger partial charge in [-0.3, -0.25) is 9.36 Å². The van der Waals surface area contributed by atoms with Gasteiger partial charge in [-0.25, -0.2) is 13.4 Å². The van der Waals surface area contributed by atoms with Gasteiger partial charge in [0.25, 0.3) is 5.56 Å². The summed E-state index contributed by atoms with van der Waals surface area (Å²) in [7, 11) is -4.08. The van der Waals surface area contributed by atoms with E-state index in [9.17, 15) is 26.4 Å². The van der Waals surface area contributed by atoms with Crippen LogP contribution in [0.2, 0.25) is 0 Å². The van der Waals surface area contributed by atoms with Crippen LogP contribution < -0.4 is 5.56 Å². The fourth-order valence-electron chi connectivity index (χ4n) is 3.52. The topological polar surface area (TPSA) is 98.3 Å². The van der Waals surface area contributed by atoms with E-state index in [1.807, 2.05) is 0 Å². The smallest absolute Gasteiger partial charge is 0.363 e. The fourth-order valence-corrected chi connectivity index (χ4v) is 5.03. The number of aromatic nitrogens is 3. The van der Waals surface area contributed by atoms with E-state index < -0.39 is 34.3 Å². The first-order valence-corrected chi connectivity index (χ1v) is 10.1. The highest BCUT2D eigenvalue weighted by Crippen LogP contribution is 2.36. The Labute approximate surface area is 162 Å². The van der Waals surface area contributed by atoms with E-state index in [0.29, 0.717) is 11.0 Å². The van der Waals surface area contributed by atoms with Crippen LogP contribution in [-0.4, -0.2) is 40.2 Å². The van der Waals surface area contributed by atoms with Gasteiger partial charge in [-0.05, 0) is 25.0 Å². The van der Waals surface area contributed by atoms with Gasteiger partial charge in [0.2, 0.25) is 10.0 Å². The predicted octanol–water partition coefficient (Wildman–Crippen LogP) is 2.47. The molecular formula is C17H15F3N4O4S. The number of sulfonamides is 1. The van der Waals surface area contributed by atoms with Crippen LogP contribution >= 0.6 is 0 Å². The molecule has 154 valence electrons. The van der Waals surface area contributed by atoms with Gasteiger partial charge in [-0.2, -0.15) is 17.5 Å². The Bertz CT molecular complexity index is 1210. The van der Waals surface area contributed by atoms with Crippen molar-refractivity contribution in [2.45, 2.75) is 36.5 Å². The molecular weight excluding hydrogens is 413 g/mol. The number of rotatable bonds is 4. The quantitative estimate of drug-likeness (QED) is 0.633. The molecule has 0 bridgehead atoms. The molecule has 29 heavy (non-hydrogen) atoms. The van der Waals surface area contributed by atoms with Crippen LogP contribution in [0.4, 0.5) is 13.2 Å². The molecule has 1 aliphatic rings. The van der Waals surface area contributed by atoms with Crippen LogP contribution in [0.25, 0.3) is 10.9 Å². The molecule has 1 aromatic carbocycles. The standard InChI is InChI=1S/C17H15F3N4O4S/c18-17(19,20)10-23-15(22-13-5-2-1-4-12(13)16(23)25)14-6-3-7-24(14)29(26,27)11-8-21-28-9-11/h1-2,4-5,8-9,14H,3,6-7,10H2. The Hall–Kier alpha value is -2.73. The predicted molar refractivity (Wildman–Crippen MR) is 94.4 cm³/mol. The molecule has 1 aliphatic heterocycles. The summed E-state index contributed by atoms with van der Waals surface area (Å²) in [5.74, 6) is -0.233. The third-order valence-electron chi connectivity index (χ3n) is 4.75.